The van der Waals surface area contributed by atoms with Crippen molar-refractivity contribution >= 4 is 17.5 Å². The Morgan fingerprint density at radius 2 is 1.28 bits per heavy atom. The van der Waals surface area contributed by atoms with E-state index in [1.807, 2.05) is 31.2 Å². The third-order valence-electron chi connectivity index (χ3n) is 5.19. The van der Waals surface area contributed by atoms with Gasteiger partial charge >= 0.3 is 0 Å². The van der Waals surface area contributed by atoms with Gasteiger partial charge in [0.25, 0.3) is 0 Å². The summed E-state index contributed by atoms with van der Waals surface area (Å²) in [5.74, 6) is 1.13. The molecule has 1 heterocycles. The standard InChI is InChI=1S/C21H21NO3/c1-14-6-10-16(11-7-14)25-17-12-8-15(9-13-17)22-20(23)18-4-2-3-5-19(18)21(22)24/h6-13,18-19H,2-5H2,1H3/t18-,19-/m1/s1. The van der Waals surface area contributed by atoms with Gasteiger partial charge in [0.05, 0.1) is 17.5 Å². The number of nitrogens with zero attached hydrogens (tertiary/aromatic N) is 1. The molecule has 2 aromatic carbocycles. The van der Waals surface area contributed by atoms with Crippen LogP contribution in [0, 0.1) is 18.8 Å². The first-order chi connectivity index (χ1) is 12.1. The summed E-state index contributed by atoms with van der Waals surface area (Å²) in [6, 6.07) is 15.0. The minimum Gasteiger partial charge on any atom is -0.457 e. The number of carbonyl (C=O) groups excluding carboxylic acids is 2. The van der Waals surface area contributed by atoms with E-state index in [4.69, 9.17) is 4.74 Å². The van der Waals surface area contributed by atoms with Crippen LogP contribution in [0.2, 0.25) is 0 Å². The van der Waals surface area contributed by atoms with Gasteiger partial charge in [0.15, 0.2) is 0 Å². The van der Waals surface area contributed by atoms with Gasteiger partial charge in [-0.1, -0.05) is 30.5 Å². The highest BCUT2D eigenvalue weighted by molar-refractivity contribution is 6.22. The summed E-state index contributed by atoms with van der Waals surface area (Å²) in [6.07, 6.45) is 3.75. The number of aryl methyl sites for hydroxylation is 1. The molecular formula is C21H21NO3. The molecule has 1 aliphatic heterocycles. The predicted octanol–water partition coefficient (Wildman–Crippen LogP) is 4.47. The Hall–Kier alpha value is -2.62. The molecule has 2 atom stereocenters. The summed E-state index contributed by atoms with van der Waals surface area (Å²) in [7, 11) is 0. The normalized spacial score (nSPS) is 22.8. The number of carbonyl (C=O) groups is 2. The zero-order chi connectivity index (χ0) is 17.4. The van der Waals surface area contributed by atoms with Gasteiger partial charge in [0.2, 0.25) is 11.8 Å². The topological polar surface area (TPSA) is 46.6 Å². The lowest BCUT2D eigenvalue weighted by Gasteiger charge is -2.19. The van der Waals surface area contributed by atoms with Crippen LogP contribution in [0.15, 0.2) is 48.5 Å². The summed E-state index contributed by atoms with van der Waals surface area (Å²) in [5, 5.41) is 0. The molecule has 0 N–H and O–H groups in total. The Kier molecular flexibility index (Phi) is 4.04. The van der Waals surface area contributed by atoms with Gasteiger partial charge < -0.3 is 4.74 Å². The molecule has 2 aromatic rings. The largest absolute Gasteiger partial charge is 0.457 e. The zero-order valence-corrected chi connectivity index (χ0v) is 14.3. The van der Waals surface area contributed by atoms with Crippen molar-refractivity contribution < 1.29 is 14.3 Å². The van der Waals surface area contributed by atoms with E-state index in [0.29, 0.717) is 11.4 Å². The summed E-state index contributed by atoms with van der Waals surface area (Å²) in [5.41, 5.74) is 1.82. The molecular weight excluding hydrogens is 314 g/mol. The van der Waals surface area contributed by atoms with Crippen molar-refractivity contribution in [3.63, 3.8) is 0 Å². The van der Waals surface area contributed by atoms with Gasteiger partial charge in [-0.2, -0.15) is 0 Å². The second kappa shape index (κ2) is 6.36. The molecule has 1 saturated heterocycles. The molecule has 0 spiro atoms. The molecule has 1 aliphatic carbocycles. The van der Waals surface area contributed by atoms with Crippen molar-refractivity contribution in [1.82, 2.24) is 0 Å². The molecule has 0 bridgehead atoms. The summed E-state index contributed by atoms with van der Waals surface area (Å²) in [6.45, 7) is 2.03. The Morgan fingerprint density at radius 1 is 0.800 bits per heavy atom. The van der Waals surface area contributed by atoms with Gasteiger partial charge in [-0.05, 0) is 56.2 Å². The minimum atomic E-state index is -0.121. The second-order valence-corrected chi connectivity index (χ2v) is 6.92. The van der Waals surface area contributed by atoms with Gasteiger partial charge in [-0.25, -0.2) is 0 Å². The second-order valence-electron chi connectivity index (χ2n) is 6.92. The van der Waals surface area contributed by atoms with Crippen molar-refractivity contribution in [2.45, 2.75) is 32.6 Å². The lowest BCUT2D eigenvalue weighted by atomic mass is 9.81. The fraction of sp³-hybridized carbons (Fsp3) is 0.333. The highest BCUT2D eigenvalue weighted by Crippen LogP contribution is 2.40. The maximum Gasteiger partial charge on any atom is 0.237 e. The Balaban J connectivity index is 1.53. The SMILES string of the molecule is Cc1ccc(Oc2ccc(N3C(=O)[C@@H]4CCCC[C@H]4C3=O)cc2)cc1. The van der Waals surface area contributed by atoms with E-state index in [1.165, 1.54) is 10.5 Å². The number of anilines is 1. The van der Waals surface area contributed by atoms with E-state index in [-0.39, 0.29) is 23.7 Å². The number of fused-ring (bicyclic) bond motifs is 1. The van der Waals surface area contributed by atoms with Crippen molar-refractivity contribution in [2.24, 2.45) is 11.8 Å². The molecule has 2 aliphatic rings. The molecule has 25 heavy (non-hydrogen) atoms. The van der Waals surface area contributed by atoms with Crippen LogP contribution < -0.4 is 9.64 Å². The lowest BCUT2D eigenvalue weighted by molar-refractivity contribution is -0.122. The Bertz CT molecular complexity index is 771. The third kappa shape index (κ3) is 2.93. The fourth-order valence-corrected chi connectivity index (χ4v) is 3.82. The van der Waals surface area contributed by atoms with Crippen LogP contribution in [0.4, 0.5) is 5.69 Å². The smallest absolute Gasteiger partial charge is 0.237 e. The number of benzene rings is 2. The van der Waals surface area contributed by atoms with Crippen LogP contribution in [0.1, 0.15) is 31.2 Å². The molecule has 4 heteroatoms. The van der Waals surface area contributed by atoms with Crippen LogP contribution in [0.25, 0.3) is 0 Å². The molecule has 0 radical (unpaired) electrons. The van der Waals surface area contributed by atoms with E-state index in [2.05, 4.69) is 0 Å². The molecule has 4 rings (SSSR count). The summed E-state index contributed by atoms with van der Waals surface area (Å²) < 4.78 is 5.81. The van der Waals surface area contributed by atoms with E-state index in [9.17, 15) is 9.59 Å². The molecule has 1 saturated carbocycles. The molecule has 0 unspecified atom stereocenters. The first-order valence-electron chi connectivity index (χ1n) is 8.86. The summed E-state index contributed by atoms with van der Waals surface area (Å²) in [4.78, 5) is 26.6. The molecule has 4 nitrogen and oxygen atoms in total. The van der Waals surface area contributed by atoms with Crippen LogP contribution in [0.3, 0.4) is 0 Å². The quantitative estimate of drug-likeness (QED) is 0.778. The predicted molar refractivity (Wildman–Crippen MR) is 95.6 cm³/mol. The lowest BCUT2D eigenvalue weighted by Crippen LogP contribution is -2.30. The van der Waals surface area contributed by atoms with Crippen LogP contribution >= 0.6 is 0 Å². The Labute approximate surface area is 147 Å². The Morgan fingerprint density at radius 3 is 1.80 bits per heavy atom. The van der Waals surface area contributed by atoms with Gasteiger partial charge in [0.1, 0.15) is 11.5 Å². The zero-order valence-electron chi connectivity index (χ0n) is 14.3. The van der Waals surface area contributed by atoms with E-state index in [0.717, 1.165) is 31.4 Å². The average Bonchev–Trinajstić information content (AvgIpc) is 2.89. The average molecular weight is 335 g/mol. The molecule has 2 amide bonds. The third-order valence-corrected chi connectivity index (χ3v) is 5.19. The maximum absolute atomic E-state index is 12.6. The van der Waals surface area contributed by atoms with Crippen molar-refractivity contribution in [3.8, 4) is 11.5 Å². The van der Waals surface area contributed by atoms with Crippen molar-refractivity contribution in [3.05, 3.63) is 54.1 Å². The number of hydrogen-bond acceptors (Lipinski definition) is 3. The number of hydrogen-bond donors (Lipinski definition) is 0. The van der Waals surface area contributed by atoms with E-state index < -0.39 is 0 Å². The molecule has 0 aromatic heterocycles. The highest BCUT2D eigenvalue weighted by atomic mass is 16.5. The monoisotopic (exact) mass is 335 g/mol. The maximum atomic E-state index is 12.6. The fourth-order valence-electron chi connectivity index (χ4n) is 3.82. The van der Waals surface area contributed by atoms with E-state index >= 15 is 0 Å². The summed E-state index contributed by atoms with van der Waals surface area (Å²) >= 11 is 0. The highest BCUT2D eigenvalue weighted by Gasteiger charge is 2.48. The molecule has 2 fully saturated rings. The number of imide groups is 1. The van der Waals surface area contributed by atoms with Crippen molar-refractivity contribution in [1.29, 1.82) is 0 Å². The minimum absolute atomic E-state index is 0.0399. The first kappa shape index (κ1) is 15.9. The van der Waals surface area contributed by atoms with Gasteiger partial charge in [0, 0.05) is 0 Å². The van der Waals surface area contributed by atoms with E-state index in [1.54, 1.807) is 24.3 Å². The number of amides is 2. The van der Waals surface area contributed by atoms with Crippen LogP contribution in [-0.4, -0.2) is 11.8 Å². The first-order valence-corrected chi connectivity index (χ1v) is 8.86. The molecule has 128 valence electrons. The number of ether oxygens (including phenoxy) is 1. The van der Waals surface area contributed by atoms with Crippen LogP contribution in [0.5, 0.6) is 11.5 Å². The van der Waals surface area contributed by atoms with Gasteiger partial charge in [-0.15, -0.1) is 0 Å². The van der Waals surface area contributed by atoms with Crippen LogP contribution in [-0.2, 0) is 9.59 Å². The number of rotatable bonds is 3. The van der Waals surface area contributed by atoms with Crippen molar-refractivity contribution in [2.75, 3.05) is 4.90 Å². The van der Waals surface area contributed by atoms with Gasteiger partial charge in [-0.3, -0.25) is 14.5 Å².